The molecule has 0 atom stereocenters. The number of hydrogen-bond donors (Lipinski definition) is 0. The maximum atomic E-state index is 13.6. The SMILES string of the molecule is Fc1ccccc1Sc1cnc(N2CCCCC2)nc1. The van der Waals surface area contributed by atoms with E-state index in [0.29, 0.717) is 4.90 Å². The summed E-state index contributed by atoms with van der Waals surface area (Å²) in [4.78, 5) is 12.5. The first-order chi connectivity index (χ1) is 9.83. The molecule has 0 saturated carbocycles. The van der Waals surface area contributed by atoms with Crippen LogP contribution in [0, 0.1) is 5.82 Å². The van der Waals surface area contributed by atoms with Crippen LogP contribution in [-0.2, 0) is 0 Å². The number of benzene rings is 1. The fourth-order valence-corrected chi connectivity index (χ4v) is 3.05. The molecule has 0 spiro atoms. The molecule has 0 aliphatic carbocycles. The zero-order chi connectivity index (χ0) is 13.8. The molecule has 20 heavy (non-hydrogen) atoms. The van der Waals surface area contributed by atoms with E-state index in [4.69, 9.17) is 0 Å². The van der Waals surface area contributed by atoms with E-state index in [9.17, 15) is 4.39 Å². The summed E-state index contributed by atoms with van der Waals surface area (Å²) in [6.45, 7) is 2.06. The number of nitrogens with zero attached hydrogens (tertiary/aromatic N) is 3. The lowest BCUT2D eigenvalue weighted by Crippen LogP contribution is -2.30. The summed E-state index contributed by atoms with van der Waals surface area (Å²) in [5.41, 5.74) is 0. The van der Waals surface area contributed by atoms with E-state index in [0.717, 1.165) is 23.9 Å². The zero-order valence-corrected chi connectivity index (χ0v) is 11.9. The molecule has 1 fully saturated rings. The number of rotatable bonds is 3. The molecule has 0 bridgehead atoms. The maximum absolute atomic E-state index is 13.6. The molecule has 2 aromatic rings. The van der Waals surface area contributed by atoms with Crippen molar-refractivity contribution in [2.24, 2.45) is 0 Å². The first kappa shape index (κ1) is 13.4. The second kappa shape index (κ2) is 6.22. The summed E-state index contributed by atoms with van der Waals surface area (Å²) >= 11 is 1.35. The van der Waals surface area contributed by atoms with E-state index in [1.165, 1.54) is 37.1 Å². The van der Waals surface area contributed by atoms with Crippen molar-refractivity contribution < 1.29 is 4.39 Å². The van der Waals surface area contributed by atoms with Crippen LogP contribution >= 0.6 is 11.8 Å². The van der Waals surface area contributed by atoms with Gasteiger partial charge >= 0.3 is 0 Å². The van der Waals surface area contributed by atoms with Gasteiger partial charge in [0.05, 0.1) is 0 Å². The number of anilines is 1. The lowest BCUT2D eigenvalue weighted by atomic mass is 10.1. The average Bonchev–Trinajstić information content (AvgIpc) is 2.51. The standard InChI is InChI=1S/C15H16FN3S/c16-13-6-2-3-7-14(13)20-12-10-17-15(18-11-12)19-8-4-1-5-9-19/h2-3,6-7,10-11H,1,4-5,8-9H2. The van der Waals surface area contributed by atoms with Crippen molar-refractivity contribution in [1.29, 1.82) is 0 Å². The minimum Gasteiger partial charge on any atom is -0.341 e. The smallest absolute Gasteiger partial charge is 0.225 e. The highest BCUT2D eigenvalue weighted by molar-refractivity contribution is 7.99. The van der Waals surface area contributed by atoms with Crippen LogP contribution in [0.4, 0.5) is 10.3 Å². The third-order valence-corrected chi connectivity index (χ3v) is 4.32. The van der Waals surface area contributed by atoms with Crippen LogP contribution in [0.1, 0.15) is 19.3 Å². The largest absolute Gasteiger partial charge is 0.341 e. The van der Waals surface area contributed by atoms with Crippen LogP contribution in [0.5, 0.6) is 0 Å². The van der Waals surface area contributed by atoms with Gasteiger partial charge in [-0.15, -0.1) is 0 Å². The summed E-state index contributed by atoms with van der Waals surface area (Å²) in [7, 11) is 0. The molecule has 0 unspecified atom stereocenters. The lowest BCUT2D eigenvalue weighted by molar-refractivity contribution is 0.567. The predicted molar refractivity (Wildman–Crippen MR) is 78.6 cm³/mol. The van der Waals surface area contributed by atoms with Gasteiger partial charge in [0.25, 0.3) is 0 Å². The van der Waals surface area contributed by atoms with Crippen LogP contribution in [-0.4, -0.2) is 23.1 Å². The van der Waals surface area contributed by atoms with Crippen molar-refractivity contribution in [3.05, 3.63) is 42.5 Å². The summed E-state index contributed by atoms with van der Waals surface area (Å²) < 4.78 is 13.6. The normalized spacial score (nSPS) is 15.3. The molecule has 3 rings (SSSR count). The summed E-state index contributed by atoms with van der Waals surface area (Å²) in [6.07, 6.45) is 7.24. The molecule has 0 N–H and O–H groups in total. The first-order valence-electron chi connectivity index (χ1n) is 6.82. The molecule has 1 aromatic carbocycles. The van der Waals surface area contributed by atoms with Crippen molar-refractivity contribution in [3.63, 3.8) is 0 Å². The Morgan fingerprint density at radius 2 is 1.70 bits per heavy atom. The molecular weight excluding hydrogens is 273 g/mol. The zero-order valence-electron chi connectivity index (χ0n) is 11.1. The predicted octanol–water partition coefficient (Wildman–Crippen LogP) is 3.76. The van der Waals surface area contributed by atoms with Gasteiger partial charge in [0.1, 0.15) is 5.82 Å². The minimum absolute atomic E-state index is 0.211. The van der Waals surface area contributed by atoms with Gasteiger partial charge in [-0.25, -0.2) is 14.4 Å². The van der Waals surface area contributed by atoms with Gasteiger partial charge in [-0.2, -0.15) is 0 Å². The molecule has 1 aromatic heterocycles. The molecule has 3 nitrogen and oxygen atoms in total. The van der Waals surface area contributed by atoms with E-state index < -0.39 is 0 Å². The van der Waals surface area contributed by atoms with Gasteiger partial charge < -0.3 is 4.90 Å². The number of halogens is 1. The highest BCUT2D eigenvalue weighted by Gasteiger charge is 2.13. The van der Waals surface area contributed by atoms with Crippen LogP contribution in [0.15, 0.2) is 46.5 Å². The topological polar surface area (TPSA) is 29.0 Å². The average molecular weight is 289 g/mol. The van der Waals surface area contributed by atoms with Gasteiger partial charge in [0.15, 0.2) is 0 Å². The summed E-state index contributed by atoms with van der Waals surface area (Å²) in [6, 6.07) is 6.74. The van der Waals surface area contributed by atoms with Crippen LogP contribution < -0.4 is 4.90 Å². The third kappa shape index (κ3) is 3.10. The molecule has 104 valence electrons. The van der Waals surface area contributed by atoms with E-state index in [2.05, 4.69) is 14.9 Å². The second-order valence-electron chi connectivity index (χ2n) is 4.80. The Balaban J connectivity index is 1.71. The molecule has 5 heteroatoms. The van der Waals surface area contributed by atoms with Crippen LogP contribution in [0.3, 0.4) is 0 Å². The fraction of sp³-hybridized carbons (Fsp3) is 0.333. The van der Waals surface area contributed by atoms with Gasteiger partial charge in [0, 0.05) is 35.3 Å². The van der Waals surface area contributed by atoms with Crippen molar-refractivity contribution in [2.45, 2.75) is 29.1 Å². The van der Waals surface area contributed by atoms with Crippen molar-refractivity contribution in [3.8, 4) is 0 Å². The van der Waals surface area contributed by atoms with Gasteiger partial charge in [-0.1, -0.05) is 23.9 Å². The highest BCUT2D eigenvalue weighted by atomic mass is 32.2. The second-order valence-corrected chi connectivity index (χ2v) is 5.91. The quantitative estimate of drug-likeness (QED) is 0.860. The Kier molecular flexibility index (Phi) is 4.16. The Morgan fingerprint density at radius 1 is 1.00 bits per heavy atom. The highest BCUT2D eigenvalue weighted by Crippen LogP contribution is 2.29. The van der Waals surface area contributed by atoms with Gasteiger partial charge in [-0.3, -0.25) is 0 Å². The fourth-order valence-electron chi connectivity index (χ4n) is 2.27. The van der Waals surface area contributed by atoms with Gasteiger partial charge in [-0.05, 0) is 31.4 Å². The number of hydrogen-bond acceptors (Lipinski definition) is 4. The Hall–Kier alpha value is -1.62. The molecule has 0 radical (unpaired) electrons. The minimum atomic E-state index is -0.211. The van der Waals surface area contributed by atoms with E-state index in [1.54, 1.807) is 24.5 Å². The van der Waals surface area contributed by atoms with Crippen LogP contribution in [0.2, 0.25) is 0 Å². The van der Waals surface area contributed by atoms with Crippen molar-refractivity contribution in [2.75, 3.05) is 18.0 Å². The number of piperidine rings is 1. The molecule has 1 aliphatic heterocycles. The lowest BCUT2D eigenvalue weighted by Gasteiger charge is -2.26. The van der Waals surface area contributed by atoms with E-state index in [1.807, 2.05) is 6.07 Å². The van der Waals surface area contributed by atoms with E-state index in [-0.39, 0.29) is 5.82 Å². The molecule has 2 heterocycles. The molecule has 1 aliphatic rings. The van der Waals surface area contributed by atoms with Crippen molar-refractivity contribution >= 4 is 17.7 Å². The van der Waals surface area contributed by atoms with E-state index >= 15 is 0 Å². The summed E-state index contributed by atoms with van der Waals surface area (Å²) in [5, 5.41) is 0. The Bertz CT molecular complexity index is 568. The molecular formula is C15H16FN3S. The first-order valence-corrected chi connectivity index (χ1v) is 7.64. The Morgan fingerprint density at radius 3 is 2.40 bits per heavy atom. The van der Waals surface area contributed by atoms with Crippen LogP contribution in [0.25, 0.3) is 0 Å². The molecule has 1 saturated heterocycles. The van der Waals surface area contributed by atoms with Gasteiger partial charge in [0.2, 0.25) is 5.95 Å². The third-order valence-electron chi connectivity index (χ3n) is 3.32. The monoisotopic (exact) mass is 289 g/mol. The Labute approximate surface area is 122 Å². The summed E-state index contributed by atoms with van der Waals surface area (Å²) in [5.74, 6) is 0.570. The molecule has 0 amide bonds. The number of aromatic nitrogens is 2. The van der Waals surface area contributed by atoms with Crippen molar-refractivity contribution in [1.82, 2.24) is 9.97 Å². The maximum Gasteiger partial charge on any atom is 0.225 e.